The molecule has 0 amide bonds. The lowest BCUT2D eigenvalue weighted by molar-refractivity contribution is -0.136. The Balaban J connectivity index is 2.02. The van der Waals surface area contributed by atoms with Crippen LogP contribution < -0.4 is 10.3 Å². The van der Waals surface area contributed by atoms with E-state index in [1.807, 2.05) is 0 Å². The predicted molar refractivity (Wildman–Crippen MR) is 71.5 cm³/mol. The van der Waals surface area contributed by atoms with Crippen molar-refractivity contribution in [2.24, 2.45) is 0 Å². The van der Waals surface area contributed by atoms with Gasteiger partial charge in [0.15, 0.2) is 11.6 Å². The van der Waals surface area contributed by atoms with Gasteiger partial charge in [-0.25, -0.2) is 9.37 Å². The van der Waals surface area contributed by atoms with Crippen LogP contribution >= 0.6 is 0 Å². The molecule has 0 saturated carbocycles. The summed E-state index contributed by atoms with van der Waals surface area (Å²) >= 11 is 0. The highest BCUT2D eigenvalue weighted by Gasteiger charge is 2.07. The zero-order valence-corrected chi connectivity index (χ0v) is 11.0. The van der Waals surface area contributed by atoms with Crippen LogP contribution in [0, 0.1) is 5.82 Å². The van der Waals surface area contributed by atoms with E-state index in [-0.39, 0.29) is 36.6 Å². The Bertz CT molecular complexity index is 699. The number of ether oxygens (including phenoxy) is 1. The summed E-state index contributed by atoms with van der Waals surface area (Å²) in [6, 6.07) is 5.90. The molecule has 1 aromatic heterocycles. The molecule has 1 aromatic carbocycles. The molecule has 2 N–H and O–H groups in total. The number of carbonyl (C=O) groups is 1. The van der Waals surface area contributed by atoms with E-state index in [0.29, 0.717) is 0 Å². The quantitative estimate of drug-likeness (QED) is 0.841. The smallest absolute Gasteiger partial charge is 0.303 e. The fraction of sp³-hybridized carbons (Fsp3) is 0.214. The van der Waals surface area contributed by atoms with Crippen molar-refractivity contribution in [2.45, 2.75) is 19.4 Å². The van der Waals surface area contributed by atoms with E-state index in [4.69, 9.17) is 9.84 Å². The average Bonchev–Trinajstić information content (AvgIpc) is 2.45. The number of para-hydroxylation sites is 1. The van der Waals surface area contributed by atoms with Gasteiger partial charge in [-0.2, -0.15) is 0 Å². The van der Waals surface area contributed by atoms with Gasteiger partial charge in [-0.1, -0.05) is 12.1 Å². The highest BCUT2D eigenvalue weighted by atomic mass is 19.1. The number of carboxylic acids is 1. The molecule has 1 heterocycles. The molecule has 7 heteroatoms. The van der Waals surface area contributed by atoms with Crippen LogP contribution in [-0.4, -0.2) is 21.0 Å². The number of aliphatic carboxylic acids is 1. The van der Waals surface area contributed by atoms with Crippen molar-refractivity contribution >= 4 is 5.97 Å². The van der Waals surface area contributed by atoms with Crippen molar-refractivity contribution in [1.82, 2.24) is 9.97 Å². The lowest BCUT2D eigenvalue weighted by atomic mass is 10.2. The van der Waals surface area contributed by atoms with Gasteiger partial charge >= 0.3 is 5.97 Å². The lowest BCUT2D eigenvalue weighted by Gasteiger charge is -2.06. The molecular weight excluding hydrogens is 279 g/mol. The van der Waals surface area contributed by atoms with Gasteiger partial charge < -0.3 is 14.8 Å². The van der Waals surface area contributed by atoms with Crippen molar-refractivity contribution < 1.29 is 19.0 Å². The van der Waals surface area contributed by atoms with Crippen LogP contribution in [0.15, 0.2) is 35.3 Å². The average molecular weight is 292 g/mol. The number of carboxylic acid groups (broad SMARTS) is 1. The Morgan fingerprint density at radius 3 is 2.81 bits per heavy atom. The SMILES string of the molecule is O=C(O)CCc1cnc(COc2ccccc2F)[nH]c1=O. The first-order valence-electron chi connectivity index (χ1n) is 6.22. The summed E-state index contributed by atoms with van der Waals surface area (Å²) in [4.78, 5) is 28.6. The largest absolute Gasteiger partial charge is 0.483 e. The number of H-pyrrole nitrogens is 1. The number of aromatic amines is 1. The van der Waals surface area contributed by atoms with E-state index in [1.165, 1.54) is 18.3 Å². The molecule has 0 aliphatic rings. The number of hydrogen-bond donors (Lipinski definition) is 2. The fourth-order valence-corrected chi connectivity index (χ4v) is 1.66. The Kier molecular flexibility index (Phi) is 4.65. The third-order valence-electron chi connectivity index (χ3n) is 2.73. The molecule has 0 atom stereocenters. The molecule has 0 aliphatic carbocycles. The summed E-state index contributed by atoms with van der Waals surface area (Å²) in [5, 5.41) is 8.57. The Labute approximate surface area is 119 Å². The van der Waals surface area contributed by atoms with Gasteiger partial charge in [0.1, 0.15) is 12.4 Å². The summed E-state index contributed by atoms with van der Waals surface area (Å²) in [5.41, 5.74) is -0.134. The number of benzene rings is 1. The minimum Gasteiger partial charge on any atom is -0.483 e. The van der Waals surface area contributed by atoms with E-state index in [9.17, 15) is 14.0 Å². The molecular formula is C14H13FN2O4. The standard InChI is InChI=1S/C14H13FN2O4/c15-10-3-1-2-4-11(10)21-8-12-16-7-9(14(20)17-12)5-6-13(18)19/h1-4,7H,5-6,8H2,(H,18,19)(H,16,17,20). The van der Waals surface area contributed by atoms with Crippen molar-refractivity contribution in [3.8, 4) is 5.75 Å². The zero-order chi connectivity index (χ0) is 15.2. The number of aryl methyl sites for hydroxylation is 1. The van der Waals surface area contributed by atoms with Crippen LogP contribution in [0.2, 0.25) is 0 Å². The number of hydrogen-bond acceptors (Lipinski definition) is 4. The van der Waals surface area contributed by atoms with E-state index >= 15 is 0 Å². The monoisotopic (exact) mass is 292 g/mol. The second-order valence-corrected chi connectivity index (χ2v) is 4.30. The number of rotatable bonds is 6. The predicted octanol–water partition coefficient (Wildman–Crippen LogP) is 1.51. The highest BCUT2D eigenvalue weighted by molar-refractivity contribution is 5.67. The van der Waals surface area contributed by atoms with Gasteiger partial charge in [0, 0.05) is 18.2 Å². The van der Waals surface area contributed by atoms with Crippen LogP contribution in [0.1, 0.15) is 17.8 Å². The summed E-state index contributed by atoms with van der Waals surface area (Å²) in [6.07, 6.45) is 1.27. The maximum Gasteiger partial charge on any atom is 0.303 e. The number of nitrogens with one attached hydrogen (secondary N) is 1. The number of halogens is 1. The topological polar surface area (TPSA) is 92.3 Å². The Hall–Kier alpha value is -2.70. The molecule has 0 aliphatic heterocycles. The third kappa shape index (κ3) is 4.13. The normalized spacial score (nSPS) is 10.3. The van der Waals surface area contributed by atoms with Crippen LogP contribution in [0.25, 0.3) is 0 Å². The fourth-order valence-electron chi connectivity index (χ4n) is 1.66. The minimum absolute atomic E-state index is 0.0649. The molecule has 2 aromatic rings. The van der Waals surface area contributed by atoms with Gasteiger partial charge in [-0.3, -0.25) is 9.59 Å². The molecule has 2 rings (SSSR count). The van der Waals surface area contributed by atoms with Crippen molar-refractivity contribution in [3.05, 3.63) is 58.0 Å². The van der Waals surface area contributed by atoms with Gasteiger partial charge in [0.05, 0.1) is 0 Å². The van der Waals surface area contributed by atoms with Crippen molar-refractivity contribution in [2.75, 3.05) is 0 Å². The Morgan fingerprint density at radius 2 is 2.14 bits per heavy atom. The van der Waals surface area contributed by atoms with Gasteiger partial charge in [0.25, 0.3) is 5.56 Å². The van der Waals surface area contributed by atoms with E-state index in [0.717, 1.165) is 0 Å². The molecule has 110 valence electrons. The molecule has 0 bridgehead atoms. The lowest BCUT2D eigenvalue weighted by Crippen LogP contribution is -2.18. The summed E-state index contributed by atoms with van der Waals surface area (Å²) in [6.45, 7) is -0.0879. The zero-order valence-electron chi connectivity index (χ0n) is 11.0. The summed E-state index contributed by atoms with van der Waals surface area (Å²) in [5.74, 6) is -1.18. The summed E-state index contributed by atoms with van der Waals surface area (Å²) < 4.78 is 18.6. The number of nitrogens with zero attached hydrogens (tertiary/aromatic N) is 1. The molecule has 0 radical (unpaired) electrons. The van der Waals surface area contributed by atoms with Crippen LogP contribution in [0.4, 0.5) is 4.39 Å². The maximum absolute atomic E-state index is 13.3. The first-order valence-corrected chi connectivity index (χ1v) is 6.22. The third-order valence-corrected chi connectivity index (χ3v) is 2.73. The van der Waals surface area contributed by atoms with E-state index in [1.54, 1.807) is 12.1 Å². The first kappa shape index (κ1) is 14.7. The van der Waals surface area contributed by atoms with Crippen LogP contribution in [0.5, 0.6) is 5.75 Å². The minimum atomic E-state index is -0.985. The summed E-state index contributed by atoms with van der Waals surface area (Å²) in [7, 11) is 0. The highest BCUT2D eigenvalue weighted by Crippen LogP contribution is 2.16. The second-order valence-electron chi connectivity index (χ2n) is 4.30. The van der Waals surface area contributed by atoms with Crippen molar-refractivity contribution in [3.63, 3.8) is 0 Å². The van der Waals surface area contributed by atoms with Crippen LogP contribution in [-0.2, 0) is 17.8 Å². The maximum atomic E-state index is 13.3. The molecule has 0 spiro atoms. The van der Waals surface area contributed by atoms with Gasteiger partial charge in [-0.15, -0.1) is 0 Å². The van der Waals surface area contributed by atoms with Gasteiger partial charge in [-0.05, 0) is 18.6 Å². The van der Waals surface area contributed by atoms with Gasteiger partial charge in [0.2, 0.25) is 0 Å². The second kappa shape index (κ2) is 6.65. The molecule has 0 unspecified atom stereocenters. The van der Waals surface area contributed by atoms with Crippen molar-refractivity contribution in [1.29, 1.82) is 0 Å². The van der Waals surface area contributed by atoms with E-state index < -0.39 is 17.3 Å². The molecule has 21 heavy (non-hydrogen) atoms. The molecule has 0 saturated heterocycles. The molecule has 0 fully saturated rings. The van der Waals surface area contributed by atoms with E-state index in [2.05, 4.69) is 9.97 Å². The molecule has 6 nitrogen and oxygen atoms in total. The Morgan fingerprint density at radius 1 is 1.38 bits per heavy atom. The number of aromatic nitrogens is 2. The first-order chi connectivity index (χ1) is 10.1. The van der Waals surface area contributed by atoms with Crippen LogP contribution in [0.3, 0.4) is 0 Å².